The Morgan fingerprint density at radius 2 is 1.92 bits per heavy atom. The van der Waals surface area contributed by atoms with Gasteiger partial charge in [-0.1, -0.05) is 11.6 Å². The molecule has 0 aliphatic rings. The molecular weight excluding hydrogens is 239 g/mol. The fourth-order valence-corrected chi connectivity index (χ4v) is 1.29. The predicted octanol–water partition coefficient (Wildman–Crippen LogP) is 2.85. The van der Waals surface area contributed by atoms with Gasteiger partial charge in [0.1, 0.15) is 12.1 Å². The molecule has 0 aliphatic carbocycles. The number of halogens is 2. The molecule has 0 heterocycles. The fraction of sp³-hybridized carbons (Fsp3) is 0. The molecule has 0 fully saturated rings. The Kier molecular flexibility index (Phi) is 2.70. The van der Waals surface area contributed by atoms with Gasteiger partial charge in [0.25, 0.3) is 0 Å². The second-order valence-corrected chi connectivity index (χ2v) is 3.24. The molecule has 0 radical (unpaired) electrons. The molecular formula is C8H2BrClN2. The fourth-order valence-electron chi connectivity index (χ4n) is 0.753. The molecule has 0 spiro atoms. The SMILES string of the molecule is N#Cc1ccc(Br)c(Cl)c1C#N. The quantitative estimate of drug-likeness (QED) is 0.701. The maximum atomic E-state index is 8.65. The molecule has 1 aromatic carbocycles. The van der Waals surface area contributed by atoms with Crippen LogP contribution in [0.15, 0.2) is 16.6 Å². The zero-order valence-electron chi connectivity index (χ0n) is 5.81. The minimum absolute atomic E-state index is 0.216. The molecule has 0 saturated carbocycles. The van der Waals surface area contributed by atoms with Crippen LogP contribution in [-0.2, 0) is 0 Å². The Hall–Kier alpha value is -1.03. The lowest BCUT2D eigenvalue weighted by Crippen LogP contribution is -1.85. The van der Waals surface area contributed by atoms with E-state index in [0.29, 0.717) is 10.0 Å². The largest absolute Gasteiger partial charge is 0.192 e. The summed E-state index contributed by atoms with van der Waals surface area (Å²) in [5.41, 5.74) is 0.513. The van der Waals surface area contributed by atoms with Gasteiger partial charge < -0.3 is 0 Å². The predicted molar refractivity (Wildman–Crippen MR) is 48.6 cm³/mol. The van der Waals surface area contributed by atoms with Crippen LogP contribution in [0.1, 0.15) is 11.1 Å². The van der Waals surface area contributed by atoms with Gasteiger partial charge in [-0.3, -0.25) is 0 Å². The van der Waals surface area contributed by atoms with Crippen molar-refractivity contribution in [3.05, 3.63) is 32.8 Å². The average molecular weight is 241 g/mol. The van der Waals surface area contributed by atoms with Crippen molar-refractivity contribution >= 4 is 27.5 Å². The van der Waals surface area contributed by atoms with Gasteiger partial charge in [0.2, 0.25) is 0 Å². The summed E-state index contributed by atoms with van der Waals surface area (Å²) < 4.78 is 0.625. The minimum Gasteiger partial charge on any atom is -0.192 e. The molecule has 0 unspecified atom stereocenters. The van der Waals surface area contributed by atoms with Gasteiger partial charge >= 0.3 is 0 Å². The van der Waals surface area contributed by atoms with Crippen LogP contribution in [0, 0.1) is 22.7 Å². The standard InChI is InChI=1S/C8H2BrClN2/c9-7-2-1-5(3-11)6(4-12)8(7)10/h1-2H. The summed E-state index contributed by atoms with van der Waals surface area (Å²) in [7, 11) is 0. The van der Waals surface area contributed by atoms with Crippen LogP contribution in [0.2, 0.25) is 5.02 Å². The summed E-state index contributed by atoms with van der Waals surface area (Å²) in [6, 6.07) is 6.95. The lowest BCUT2D eigenvalue weighted by atomic mass is 10.1. The third kappa shape index (κ3) is 1.43. The smallest absolute Gasteiger partial charge is 0.102 e. The van der Waals surface area contributed by atoms with Gasteiger partial charge in [-0.25, -0.2) is 0 Å². The second-order valence-electron chi connectivity index (χ2n) is 2.01. The second kappa shape index (κ2) is 3.58. The summed E-state index contributed by atoms with van der Waals surface area (Å²) in [6.45, 7) is 0. The Morgan fingerprint density at radius 1 is 1.25 bits per heavy atom. The molecule has 2 nitrogen and oxygen atoms in total. The molecule has 0 amide bonds. The molecule has 0 atom stereocenters. The van der Waals surface area contributed by atoms with Crippen LogP contribution in [0.25, 0.3) is 0 Å². The highest BCUT2D eigenvalue weighted by atomic mass is 79.9. The molecule has 58 valence electrons. The molecule has 1 rings (SSSR count). The van der Waals surface area contributed by atoms with Crippen LogP contribution in [0.3, 0.4) is 0 Å². The first-order chi connectivity index (χ1) is 5.70. The highest BCUT2D eigenvalue weighted by Gasteiger charge is 2.08. The van der Waals surface area contributed by atoms with Crippen molar-refractivity contribution in [1.82, 2.24) is 0 Å². The first-order valence-corrected chi connectivity index (χ1v) is 4.16. The Morgan fingerprint density at radius 3 is 2.42 bits per heavy atom. The lowest BCUT2D eigenvalue weighted by Gasteiger charge is -1.98. The number of nitrogens with zero attached hydrogens (tertiary/aromatic N) is 2. The number of benzene rings is 1. The Labute approximate surface area is 83.1 Å². The van der Waals surface area contributed by atoms with Crippen LogP contribution >= 0.6 is 27.5 Å². The number of nitriles is 2. The minimum atomic E-state index is 0.216. The van der Waals surface area contributed by atoms with Crippen molar-refractivity contribution < 1.29 is 0 Å². The first kappa shape index (κ1) is 9.06. The molecule has 0 saturated heterocycles. The van der Waals surface area contributed by atoms with Crippen molar-refractivity contribution in [2.45, 2.75) is 0 Å². The van der Waals surface area contributed by atoms with Crippen molar-refractivity contribution in [3.8, 4) is 12.1 Å². The van der Waals surface area contributed by atoms with E-state index < -0.39 is 0 Å². The molecule has 1 aromatic rings. The van der Waals surface area contributed by atoms with E-state index in [1.165, 1.54) is 0 Å². The summed E-state index contributed by atoms with van der Waals surface area (Å²) in [4.78, 5) is 0. The summed E-state index contributed by atoms with van der Waals surface area (Å²) >= 11 is 8.91. The number of hydrogen-bond acceptors (Lipinski definition) is 2. The highest BCUT2D eigenvalue weighted by molar-refractivity contribution is 9.10. The topological polar surface area (TPSA) is 47.6 Å². The van der Waals surface area contributed by atoms with Gasteiger partial charge in [-0.2, -0.15) is 10.5 Å². The highest BCUT2D eigenvalue weighted by Crippen LogP contribution is 2.27. The third-order valence-electron chi connectivity index (χ3n) is 1.33. The van der Waals surface area contributed by atoms with Crippen LogP contribution < -0.4 is 0 Å². The van der Waals surface area contributed by atoms with Crippen molar-refractivity contribution in [3.63, 3.8) is 0 Å². The lowest BCUT2D eigenvalue weighted by molar-refractivity contribution is 1.42. The van der Waals surface area contributed by atoms with E-state index in [9.17, 15) is 0 Å². The van der Waals surface area contributed by atoms with E-state index in [-0.39, 0.29) is 10.6 Å². The number of rotatable bonds is 0. The molecule has 0 aliphatic heterocycles. The van der Waals surface area contributed by atoms with E-state index in [1.807, 2.05) is 12.1 Å². The molecule has 0 N–H and O–H groups in total. The Bertz CT molecular complexity index is 401. The number of hydrogen-bond donors (Lipinski definition) is 0. The average Bonchev–Trinajstić information content (AvgIpc) is 2.09. The third-order valence-corrected chi connectivity index (χ3v) is 2.61. The van der Waals surface area contributed by atoms with E-state index in [2.05, 4.69) is 15.9 Å². The monoisotopic (exact) mass is 240 g/mol. The van der Waals surface area contributed by atoms with E-state index in [4.69, 9.17) is 22.1 Å². The van der Waals surface area contributed by atoms with Crippen molar-refractivity contribution in [1.29, 1.82) is 10.5 Å². The molecule has 0 aromatic heterocycles. The van der Waals surface area contributed by atoms with Gasteiger partial charge in [-0.05, 0) is 28.1 Å². The van der Waals surface area contributed by atoms with Crippen molar-refractivity contribution in [2.75, 3.05) is 0 Å². The summed E-state index contributed by atoms with van der Waals surface area (Å²) in [6.07, 6.45) is 0. The normalized spacial score (nSPS) is 8.67. The molecule has 4 heteroatoms. The van der Waals surface area contributed by atoms with Crippen molar-refractivity contribution in [2.24, 2.45) is 0 Å². The van der Waals surface area contributed by atoms with Gasteiger partial charge in [0.15, 0.2) is 0 Å². The van der Waals surface area contributed by atoms with E-state index in [0.717, 1.165) is 0 Å². The summed E-state index contributed by atoms with van der Waals surface area (Å²) in [5.74, 6) is 0. The van der Waals surface area contributed by atoms with E-state index >= 15 is 0 Å². The van der Waals surface area contributed by atoms with Gasteiger partial charge in [-0.15, -0.1) is 0 Å². The van der Waals surface area contributed by atoms with Crippen LogP contribution in [-0.4, -0.2) is 0 Å². The molecule has 0 bridgehead atoms. The first-order valence-electron chi connectivity index (χ1n) is 2.99. The Balaban J connectivity index is 3.52. The zero-order chi connectivity index (χ0) is 9.14. The summed E-state index contributed by atoms with van der Waals surface area (Å²) in [5, 5.41) is 17.5. The van der Waals surface area contributed by atoms with Crippen LogP contribution in [0.5, 0.6) is 0 Å². The van der Waals surface area contributed by atoms with Gasteiger partial charge in [0, 0.05) is 4.47 Å². The maximum Gasteiger partial charge on any atom is 0.102 e. The van der Waals surface area contributed by atoms with E-state index in [1.54, 1.807) is 12.1 Å². The maximum absolute atomic E-state index is 8.65. The van der Waals surface area contributed by atoms with Crippen LogP contribution in [0.4, 0.5) is 0 Å². The van der Waals surface area contributed by atoms with Gasteiger partial charge in [0.05, 0.1) is 16.1 Å². The zero-order valence-corrected chi connectivity index (χ0v) is 8.15. The molecule has 12 heavy (non-hydrogen) atoms.